The number of rotatable bonds is 18. The van der Waals surface area contributed by atoms with Gasteiger partial charge in [0.2, 0.25) is 11.1 Å². The standard InChI is InChI=1S/C23H30N4O2.C22H30N6O.C22H29N5OS/c1-15(9-18-11-24-20-8-6-5-7-19(18)20)10-21(28)22-12-25-23(29-22)27-13-16(2)26(4)17(3)14-27;1-14(9-17-11-23-19-8-6-5-7-18(17)19)10-20(29)21-24-22(26-25-21)28-12-15(2)27(4)16(3)13-28;1-14(9-17-11-23-19-8-6-5-7-18(17)19)10-20(28)21-24-25-22(29-21)27-12-15(2)26(4)16(3)13-27/h5-8,11-12,15-17,24H,9-10,13-14H2,1-4H3;5-8,11,14-16,23H,9-10,12-13H2,1-4H3,(H,24,25,26);5-8,11,14-16,23H,9-10,12-13H2,1-4H3/t15?,16-,17-;2*14?,15-,16-/m111/s1. The summed E-state index contributed by atoms with van der Waals surface area (Å²) >= 11 is 1.43. The lowest BCUT2D eigenvalue weighted by Gasteiger charge is -2.42. The number of hydrogen-bond acceptors (Lipinski definition) is 16. The van der Waals surface area contributed by atoms with E-state index in [4.69, 9.17) is 4.42 Å². The first kappa shape index (κ1) is 62.5. The monoisotopic (exact) mass is 1200 g/mol. The van der Waals surface area contributed by atoms with Crippen LogP contribution < -0.4 is 14.7 Å². The summed E-state index contributed by atoms with van der Waals surface area (Å²) in [7, 11) is 6.46. The number of benzene rings is 3. The first-order chi connectivity index (χ1) is 41.8. The molecule has 19 nitrogen and oxygen atoms in total. The van der Waals surface area contributed by atoms with Crippen molar-refractivity contribution in [3.63, 3.8) is 0 Å². The number of Topliss-reactive ketones (excluding diaryl/α,β-unsaturated/α-hetero) is 3. The molecule has 0 aliphatic carbocycles. The number of oxazole rings is 1. The van der Waals surface area contributed by atoms with Gasteiger partial charge in [-0.1, -0.05) is 86.7 Å². The summed E-state index contributed by atoms with van der Waals surface area (Å²) in [6.07, 6.45) is 11.7. The Kier molecular flexibility index (Phi) is 19.9. The van der Waals surface area contributed by atoms with Gasteiger partial charge in [-0.15, -0.1) is 15.3 Å². The number of nitrogens with one attached hydrogen (secondary N) is 4. The average Bonchev–Trinajstić information content (AvgIpc) is 3.51. The number of carbonyl (C=O) groups excluding carboxylic acids is 3. The number of nitrogens with zero attached hydrogens (tertiary/aromatic N) is 11. The maximum Gasteiger partial charge on any atom is 0.297 e. The molecule has 9 atom stereocenters. The molecule has 3 aromatic carbocycles. The third-order valence-electron chi connectivity index (χ3n) is 18.4. The van der Waals surface area contributed by atoms with Gasteiger partial charge in [0, 0.05) is 146 Å². The van der Waals surface area contributed by atoms with Gasteiger partial charge in [-0.05, 0) is 135 Å². The molecule has 3 aliphatic heterocycles. The zero-order valence-corrected chi connectivity index (χ0v) is 53.7. The highest BCUT2D eigenvalue weighted by Gasteiger charge is 2.33. The molecule has 3 aliphatic rings. The van der Waals surface area contributed by atoms with Crippen LogP contribution in [0.4, 0.5) is 17.1 Å². The fraction of sp³-hybridized carbons (Fsp3) is 0.493. The van der Waals surface area contributed by atoms with Crippen molar-refractivity contribution in [2.45, 2.75) is 137 Å². The molecule has 9 heterocycles. The Balaban J connectivity index is 0.000000144. The topological polar surface area (TPSA) is 211 Å². The van der Waals surface area contributed by atoms with Gasteiger partial charge in [0.25, 0.3) is 6.01 Å². The number of likely N-dealkylation sites (N-methyl/N-ethyl adjacent to an activating group) is 3. The van der Waals surface area contributed by atoms with Crippen molar-refractivity contribution < 1.29 is 18.8 Å². The quantitative estimate of drug-likeness (QED) is 0.0589. The van der Waals surface area contributed by atoms with Crippen molar-refractivity contribution in [1.82, 2.24) is 60.0 Å². The van der Waals surface area contributed by atoms with Crippen LogP contribution in [0.1, 0.15) is 129 Å². The van der Waals surface area contributed by atoms with Gasteiger partial charge < -0.3 is 34.1 Å². The molecule has 0 bridgehead atoms. The number of fused-ring (bicyclic) bond motifs is 3. The SMILES string of the molecule is CC(CC(=O)c1cnc(N2C[C@@H](C)N(C)[C@H](C)C2)o1)Cc1c[nH]c2ccccc12.CC(CC(=O)c1nc(N2C[C@@H](C)N(C)[C@H](C)C2)n[nH]1)Cc1c[nH]c2ccccc12.CC(CC(=O)c1nnc(N2C[C@@H](C)N(C)[C@H](C)C2)s1)Cc1c[nH]c2ccccc12. The molecule has 462 valence electrons. The maximum absolute atomic E-state index is 12.8. The second kappa shape index (κ2) is 27.7. The summed E-state index contributed by atoms with van der Waals surface area (Å²) in [6, 6.07) is 28.0. The van der Waals surface area contributed by atoms with E-state index >= 15 is 0 Å². The Morgan fingerprint density at radius 2 is 0.943 bits per heavy atom. The number of anilines is 3. The minimum Gasteiger partial charge on any atom is -0.420 e. The molecular formula is C67H89N15O4S. The van der Waals surface area contributed by atoms with E-state index in [-0.39, 0.29) is 35.1 Å². The van der Waals surface area contributed by atoms with Gasteiger partial charge in [0.05, 0.1) is 6.20 Å². The number of ketones is 3. The van der Waals surface area contributed by atoms with Crippen LogP contribution in [0.3, 0.4) is 0 Å². The summed E-state index contributed by atoms with van der Waals surface area (Å²) in [5, 5.41) is 20.8. The molecule has 3 saturated heterocycles. The van der Waals surface area contributed by atoms with E-state index in [2.05, 4.69) is 207 Å². The number of aromatic amines is 4. The first-order valence-electron chi connectivity index (χ1n) is 31.1. The van der Waals surface area contributed by atoms with Crippen molar-refractivity contribution in [3.05, 3.63) is 131 Å². The molecule has 6 aromatic heterocycles. The van der Waals surface area contributed by atoms with E-state index in [1.807, 2.05) is 42.7 Å². The Hall–Kier alpha value is -7.52. The van der Waals surface area contributed by atoms with E-state index in [0.717, 1.165) is 80.2 Å². The molecule has 0 spiro atoms. The van der Waals surface area contributed by atoms with Gasteiger partial charge in [-0.2, -0.15) is 4.98 Å². The van der Waals surface area contributed by atoms with Crippen molar-refractivity contribution in [2.24, 2.45) is 17.8 Å². The van der Waals surface area contributed by atoms with Crippen LogP contribution in [0.5, 0.6) is 0 Å². The fourth-order valence-corrected chi connectivity index (χ4v) is 13.5. The number of hydrogen-bond donors (Lipinski definition) is 4. The van der Waals surface area contributed by atoms with Crippen LogP contribution in [0.2, 0.25) is 0 Å². The Bertz CT molecular complexity index is 3330. The Morgan fingerprint density at radius 3 is 1.40 bits per heavy atom. The average molecular weight is 1200 g/mol. The molecule has 0 amide bonds. The van der Waals surface area contributed by atoms with Gasteiger partial charge in [0.1, 0.15) is 0 Å². The first-order valence-corrected chi connectivity index (χ1v) is 31.9. The predicted molar refractivity (Wildman–Crippen MR) is 350 cm³/mol. The summed E-state index contributed by atoms with van der Waals surface area (Å²) in [4.78, 5) is 70.8. The van der Waals surface area contributed by atoms with E-state index in [9.17, 15) is 14.4 Å². The molecule has 9 aromatic rings. The zero-order chi connectivity index (χ0) is 61.6. The van der Waals surface area contributed by atoms with Gasteiger partial charge in [0.15, 0.2) is 33.9 Å². The zero-order valence-electron chi connectivity index (χ0n) is 52.9. The summed E-state index contributed by atoms with van der Waals surface area (Å²) < 4.78 is 5.86. The van der Waals surface area contributed by atoms with Gasteiger partial charge in [-0.3, -0.25) is 34.2 Å². The van der Waals surface area contributed by atoms with Crippen LogP contribution in [-0.2, 0) is 19.3 Å². The number of carbonyl (C=O) groups is 3. The summed E-state index contributed by atoms with van der Waals surface area (Å²) in [5.41, 5.74) is 7.18. The molecular weight excluding hydrogens is 1110 g/mol. The largest absolute Gasteiger partial charge is 0.420 e. The molecule has 12 rings (SSSR count). The fourth-order valence-electron chi connectivity index (χ4n) is 12.7. The molecule has 20 heteroatoms. The predicted octanol–water partition coefficient (Wildman–Crippen LogP) is 11.4. The van der Waals surface area contributed by atoms with Crippen LogP contribution in [-0.4, -0.2) is 174 Å². The highest BCUT2D eigenvalue weighted by Crippen LogP contribution is 2.30. The summed E-state index contributed by atoms with van der Waals surface area (Å²) in [5.74, 6) is 2.18. The smallest absolute Gasteiger partial charge is 0.297 e. The third kappa shape index (κ3) is 14.9. The van der Waals surface area contributed by atoms with Crippen LogP contribution in [0.25, 0.3) is 32.7 Å². The molecule has 0 saturated carbocycles. The van der Waals surface area contributed by atoms with Crippen molar-refractivity contribution in [2.75, 3.05) is 75.1 Å². The van der Waals surface area contributed by atoms with Crippen molar-refractivity contribution >= 4 is 78.5 Å². The van der Waals surface area contributed by atoms with Crippen LogP contribution >= 0.6 is 11.3 Å². The second-order valence-electron chi connectivity index (χ2n) is 25.6. The van der Waals surface area contributed by atoms with Crippen LogP contribution in [0, 0.1) is 17.8 Å². The Labute approximate surface area is 515 Å². The normalized spacial score (nSPS) is 21.6. The maximum atomic E-state index is 12.8. The number of para-hydroxylation sites is 3. The van der Waals surface area contributed by atoms with E-state index in [1.165, 1.54) is 44.2 Å². The third-order valence-corrected chi connectivity index (χ3v) is 19.4. The lowest BCUT2D eigenvalue weighted by Crippen LogP contribution is -2.55. The minimum absolute atomic E-state index is 0.0197. The van der Waals surface area contributed by atoms with E-state index in [0.29, 0.717) is 84.1 Å². The number of aromatic nitrogens is 9. The highest BCUT2D eigenvalue weighted by atomic mass is 32.1. The van der Waals surface area contributed by atoms with Crippen molar-refractivity contribution in [3.8, 4) is 0 Å². The van der Waals surface area contributed by atoms with Crippen LogP contribution in [0.15, 0.2) is 102 Å². The Morgan fingerprint density at radius 1 is 0.540 bits per heavy atom. The second-order valence-corrected chi connectivity index (χ2v) is 26.5. The minimum atomic E-state index is 0.0197. The highest BCUT2D eigenvalue weighted by molar-refractivity contribution is 7.17. The lowest BCUT2D eigenvalue weighted by molar-refractivity contribution is 0.0933. The van der Waals surface area contributed by atoms with Gasteiger partial charge in [-0.25, -0.2) is 4.98 Å². The van der Waals surface area contributed by atoms with Gasteiger partial charge >= 0.3 is 0 Å². The van der Waals surface area contributed by atoms with E-state index < -0.39 is 0 Å². The lowest BCUT2D eigenvalue weighted by atomic mass is 9.95. The summed E-state index contributed by atoms with van der Waals surface area (Å²) in [6.45, 7) is 24.9. The number of piperazine rings is 3. The van der Waals surface area contributed by atoms with Crippen molar-refractivity contribution in [1.29, 1.82) is 0 Å². The molecule has 87 heavy (non-hydrogen) atoms. The molecule has 0 radical (unpaired) electrons. The molecule has 3 unspecified atom stereocenters. The number of H-pyrrole nitrogens is 4. The molecule has 4 N–H and O–H groups in total. The molecule has 3 fully saturated rings. The van der Waals surface area contributed by atoms with E-state index in [1.54, 1.807) is 6.20 Å².